The quantitative estimate of drug-likeness (QED) is 0.799. The first-order valence-corrected chi connectivity index (χ1v) is 7.14. The summed E-state index contributed by atoms with van der Waals surface area (Å²) in [5.41, 5.74) is 3.36. The fraction of sp³-hybridized carbons (Fsp3) is 0.188. The lowest BCUT2D eigenvalue weighted by Gasteiger charge is -2.20. The molecule has 3 rings (SSSR count). The number of fused-ring (bicyclic) bond motifs is 1. The van der Waals surface area contributed by atoms with Gasteiger partial charge in [0.05, 0.1) is 5.56 Å². The third kappa shape index (κ3) is 2.86. The van der Waals surface area contributed by atoms with Gasteiger partial charge in [-0.25, -0.2) is 0 Å². The molecular formula is C16H15ClN2O2. The molecule has 0 aromatic heterocycles. The zero-order valence-corrected chi connectivity index (χ0v) is 12.1. The molecule has 0 saturated carbocycles. The summed E-state index contributed by atoms with van der Waals surface area (Å²) in [5.74, 6) is -0.456. The van der Waals surface area contributed by atoms with Gasteiger partial charge in [0, 0.05) is 17.3 Å². The van der Waals surface area contributed by atoms with Crippen LogP contribution in [0.2, 0.25) is 5.02 Å². The Morgan fingerprint density at radius 2 is 2.14 bits per heavy atom. The number of aromatic hydroxyl groups is 1. The zero-order chi connectivity index (χ0) is 14.8. The number of anilines is 1. The number of carbonyl (C=O) groups excluding carboxylic acids is 1. The van der Waals surface area contributed by atoms with Gasteiger partial charge in [0.15, 0.2) is 0 Å². The molecule has 0 unspecified atom stereocenters. The lowest BCUT2D eigenvalue weighted by Crippen LogP contribution is -2.25. The number of hydrogen-bond acceptors (Lipinski definition) is 3. The Hall–Kier alpha value is -2.04. The Kier molecular flexibility index (Phi) is 3.82. The van der Waals surface area contributed by atoms with Crippen LogP contribution in [0.1, 0.15) is 21.5 Å². The maximum absolute atomic E-state index is 12.3. The lowest BCUT2D eigenvalue weighted by molar-refractivity contribution is 0.102. The molecule has 0 bridgehead atoms. The molecule has 0 radical (unpaired) electrons. The fourth-order valence-electron chi connectivity index (χ4n) is 2.54. The summed E-state index contributed by atoms with van der Waals surface area (Å²) >= 11 is 5.78. The van der Waals surface area contributed by atoms with E-state index in [-0.39, 0.29) is 17.2 Å². The standard InChI is InChI=1S/C16H15ClN2O2/c17-11-4-5-13(15(20)8-11)16(21)19-14-3-1-2-10-9-18-7-6-12(10)14/h1-5,8,18,20H,6-7,9H2,(H,19,21). The van der Waals surface area contributed by atoms with Crippen LogP contribution >= 0.6 is 11.6 Å². The molecule has 0 spiro atoms. The molecule has 1 aliphatic heterocycles. The van der Waals surface area contributed by atoms with E-state index in [0.29, 0.717) is 5.02 Å². The molecule has 0 fully saturated rings. The van der Waals surface area contributed by atoms with Crippen molar-refractivity contribution in [2.75, 3.05) is 11.9 Å². The normalized spacial score (nSPS) is 13.6. The summed E-state index contributed by atoms with van der Waals surface area (Å²) in [6.45, 7) is 1.71. The van der Waals surface area contributed by atoms with Gasteiger partial charge in [-0.15, -0.1) is 0 Å². The second-order valence-electron chi connectivity index (χ2n) is 4.99. The molecular weight excluding hydrogens is 288 g/mol. The molecule has 2 aromatic carbocycles. The summed E-state index contributed by atoms with van der Waals surface area (Å²) < 4.78 is 0. The Balaban J connectivity index is 1.88. The highest BCUT2D eigenvalue weighted by molar-refractivity contribution is 6.31. The minimum absolute atomic E-state index is 0.119. The molecule has 0 atom stereocenters. The molecule has 0 aliphatic carbocycles. The largest absolute Gasteiger partial charge is 0.507 e. The van der Waals surface area contributed by atoms with Gasteiger partial charge >= 0.3 is 0 Å². The van der Waals surface area contributed by atoms with Crippen LogP contribution < -0.4 is 10.6 Å². The van der Waals surface area contributed by atoms with Gasteiger partial charge in [-0.05, 0) is 48.4 Å². The van der Waals surface area contributed by atoms with E-state index in [1.807, 2.05) is 12.1 Å². The topological polar surface area (TPSA) is 61.4 Å². The number of phenolic OH excluding ortho intramolecular Hbond substituents is 1. The monoisotopic (exact) mass is 302 g/mol. The van der Waals surface area contributed by atoms with Crippen molar-refractivity contribution >= 4 is 23.2 Å². The predicted octanol–water partition coefficient (Wildman–Crippen LogP) is 2.94. The first kappa shape index (κ1) is 13.9. The third-order valence-electron chi connectivity index (χ3n) is 3.59. The zero-order valence-electron chi connectivity index (χ0n) is 11.3. The predicted molar refractivity (Wildman–Crippen MR) is 82.9 cm³/mol. The van der Waals surface area contributed by atoms with Crippen LogP contribution in [0, 0.1) is 0 Å². The minimum atomic E-state index is -0.337. The van der Waals surface area contributed by atoms with Crippen molar-refractivity contribution in [1.82, 2.24) is 5.32 Å². The van der Waals surface area contributed by atoms with Gasteiger partial charge in [0.25, 0.3) is 5.91 Å². The summed E-state index contributed by atoms with van der Waals surface area (Å²) in [6.07, 6.45) is 0.873. The van der Waals surface area contributed by atoms with Crippen LogP contribution in [0.3, 0.4) is 0 Å². The van der Waals surface area contributed by atoms with Crippen molar-refractivity contribution < 1.29 is 9.90 Å². The van der Waals surface area contributed by atoms with Crippen LogP contribution in [0.25, 0.3) is 0 Å². The number of nitrogens with one attached hydrogen (secondary N) is 2. The molecule has 2 aromatic rings. The van der Waals surface area contributed by atoms with Gasteiger partial charge in [-0.2, -0.15) is 0 Å². The smallest absolute Gasteiger partial charge is 0.259 e. The average molecular weight is 303 g/mol. The molecule has 3 N–H and O–H groups in total. The number of benzene rings is 2. The van der Waals surface area contributed by atoms with Crippen molar-refractivity contribution in [3.05, 3.63) is 58.1 Å². The number of halogens is 1. The van der Waals surface area contributed by atoms with E-state index in [1.54, 1.807) is 6.07 Å². The first-order valence-electron chi connectivity index (χ1n) is 6.76. The number of carbonyl (C=O) groups is 1. The van der Waals surface area contributed by atoms with Crippen LogP contribution in [0.15, 0.2) is 36.4 Å². The van der Waals surface area contributed by atoms with Crippen LogP contribution in [0.4, 0.5) is 5.69 Å². The first-order chi connectivity index (χ1) is 10.1. The van der Waals surface area contributed by atoms with Gasteiger partial charge in [-0.1, -0.05) is 23.7 Å². The summed E-state index contributed by atoms with van der Waals surface area (Å²) in [4.78, 5) is 12.3. The third-order valence-corrected chi connectivity index (χ3v) is 3.83. The Morgan fingerprint density at radius 3 is 2.95 bits per heavy atom. The molecule has 5 heteroatoms. The van der Waals surface area contributed by atoms with Crippen molar-refractivity contribution in [2.24, 2.45) is 0 Å². The van der Waals surface area contributed by atoms with E-state index < -0.39 is 0 Å². The lowest BCUT2D eigenvalue weighted by atomic mass is 9.99. The van der Waals surface area contributed by atoms with Crippen molar-refractivity contribution in [3.8, 4) is 5.75 Å². The highest BCUT2D eigenvalue weighted by atomic mass is 35.5. The number of rotatable bonds is 2. The summed E-state index contributed by atoms with van der Waals surface area (Å²) in [5, 5.41) is 16.4. The molecule has 1 amide bonds. The van der Waals surface area contributed by atoms with E-state index in [9.17, 15) is 9.90 Å². The van der Waals surface area contributed by atoms with Crippen molar-refractivity contribution in [1.29, 1.82) is 0 Å². The maximum Gasteiger partial charge on any atom is 0.259 e. The van der Waals surface area contributed by atoms with Crippen molar-refractivity contribution in [3.63, 3.8) is 0 Å². The van der Waals surface area contributed by atoms with Crippen LogP contribution in [-0.4, -0.2) is 17.6 Å². The molecule has 108 valence electrons. The molecule has 21 heavy (non-hydrogen) atoms. The van der Waals surface area contributed by atoms with E-state index in [2.05, 4.69) is 16.7 Å². The van der Waals surface area contributed by atoms with Gasteiger partial charge in [0.1, 0.15) is 5.75 Å². The number of hydrogen-bond donors (Lipinski definition) is 3. The van der Waals surface area contributed by atoms with E-state index >= 15 is 0 Å². The second-order valence-corrected chi connectivity index (χ2v) is 5.42. The fourth-order valence-corrected chi connectivity index (χ4v) is 2.70. The maximum atomic E-state index is 12.3. The van der Waals surface area contributed by atoms with E-state index in [4.69, 9.17) is 11.6 Å². The second kappa shape index (κ2) is 5.76. The highest BCUT2D eigenvalue weighted by Gasteiger charge is 2.16. The number of phenols is 1. The van der Waals surface area contributed by atoms with Gasteiger partial charge in [0.2, 0.25) is 0 Å². The molecule has 0 saturated heterocycles. The van der Waals surface area contributed by atoms with E-state index in [0.717, 1.165) is 30.8 Å². The van der Waals surface area contributed by atoms with Gasteiger partial charge < -0.3 is 15.7 Å². The van der Waals surface area contributed by atoms with Crippen LogP contribution in [-0.2, 0) is 13.0 Å². The Bertz CT molecular complexity index is 701. The van der Waals surface area contributed by atoms with Crippen molar-refractivity contribution in [2.45, 2.75) is 13.0 Å². The molecule has 1 aliphatic rings. The van der Waals surface area contributed by atoms with E-state index in [1.165, 1.54) is 17.7 Å². The summed E-state index contributed by atoms with van der Waals surface area (Å²) in [6, 6.07) is 10.3. The average Bonchev–Trinajstić information content (AvgIpc) is 2.47. The Morgan fingerprint density at radius 1 is 1.29 bits per heavy atom. The Labute approximate surface area is 127 Å². The number of amides is 1. The molecule has 1 heterocycles. The minimum Gasteiger partial charge on any atom is -0.507 e. The van der Waals surface area contributed by atoms with Gasteiger partial charge in [-0.3, -0.25) is 4.79 Å². The molecule has 4 nitrogen and oxygen atoms in total. The summed E-state index contributed by atoms with van der Waals surface area (Å²) in [7, 11) is 0. The van der Waals surface area contributed by atoms with Crippen LogP contribution in [0.5, 0.6) is 5.75 Å². The SMILES string of the molecule is O=C(Nc1cccc2c1CCNC2)c1ccc(Cl)cc1O. The highest BCUT2D eigenvalue weighted by Crippen LogP contribution is 2.26.